The number of hydrogen-bond acceptors (Lipinski definition) is 4. The van der Waals surface area contributed by atoms with E-state index in [0.717, 1.165) is 12.2 Å². The standard InChI is InChI=1S/C16H25NO3/c1-3-4-5-6-7-12(2)20-14-11-16-15(10-13(14)17)18-8-9-19-16/h10-12H,3-9,17H2,1-2H3. The summed E-state index contributed by atoms with van der Waals surface area (Å²) in [6.07, 6.45) is 6.22. The molecule has 1 aromatic rings. The normalized spacial score (nSPS) is 14.9. The molecule has 20 heavy (non-hydrogen) atoms. The van der Waals surface area contributed by atoms with Gasteiger partial charge in [0.15, 0.2) is 11.5 Å². The minimum atomic E-state index is 0.164. The van der Waals surface area contributed by atoms with Crippen molar-refractivity contribution < 1.29 is 14.2 Å². The lowest BCUT2D eigenvalue weighted by atomic mass is 10.1. The number of nitrogen functional groups attached to an aromatic ring is 1. The Morgan fingerprint density at radius 1 is 1.15 bits per heavy atom. The summed E-state index contributed by atoms with van der Waals surface area (Å²) in [6.45, 7) is 5.45. The molecule has 0 radical (unpaired) electrons. The lowest BCUT2D eigenvalue weighted by Gasteiger charge is -2.22. The van der Waals surface area contributed by atoms with Gasteiger partial charge in [0, 0.05) is 12.1 Å². The minimum absolute atomic E-state index is 0.164. The Morgan fingerprint density at radius 2 is 1.85 bits per heavy atom. The van der Waals surface area contributed by atoms with Crippen LogP contribution < -0.4 is 19.9 Å². The Kier molecular flexibility index (Phi) is 5.39. The van der Waals surface area contributed by atoms with Crippen molar-refractivity contribution in [3.63, 3.8) is 0 Å². The fourth-order valence-electron chi connectivity index (χ4n) is 2.32. The summed E-state index contributed by atoms with van der Waals surface area (Å²) in [4.78, 5) is 0. The van der Waals surface area contributed by atoms with Crippen LogP contribution in [0.15, 0.2) is 12.1 Å². The van der Waals surface area contributed by atoms with Crippen LogP contribution in [-0.4, -0.2) is 19.3 Å². The van der Waals surface area contributed by atoms with Crippen molar-refractivity contribution >= 4 is 5.69 Å². The zero-order chi connectivity index (χ0) is 14.4. The van der Waals surface area contributed by atoms with Crippen molar-refractivity contribution in [2.45, 2.75) is 52.1 Å². The molecular formula is C16H25NO3. The zero-order valence-electron chi connectivity index (χ0n) is 12.5. The average molecular weight is 279 g/mol. The van der Waals surface area contributed by atoms with Gasteiger partial charge in [-0.15, -0.1) is 0 Å². The number of ether oxygens (including phenoxy) is 3. The van der Waals surface area contributed by atoms with E-state index >= 15 is 0 Å². The van der Waals surface area contributed by atoms with Gasteiger partial charge in [0.25, 0.3) is 0 Å². The first-order valence-electron chi connectivity index (χ1n) is 7.56. The highest BCUT2D eigenvalue weighted by molar-refractivity contribution is 5.62. The van der Waals surface area contributed by atoms with Gasteiger partial charge in [-0.25, -0.2) is 0 Å². The molecule has 0 fully saturated rings. The molecule has 0 spiro atoms. The molecule has 4 nitrogen and oxygen atoms in total. The molecule has 0 aromatic heterocycles. The molecule has 0 aliphatic carbocycles. The van der Waals surface area contributed by atoms with Crippen LogP contribution in [0.2, 0.25) is 0 Å². The second-order valence-corrected chi connectivity index (χ2v) is 5.31. The van der Waals surface area contributed by atoms with E-state index in [9.17, 15) is 0 Å². The van der Waals surface area contributed by atoms with E-state index in [0.29, 0.717) is 30.4 Å². The van der Waals surface area contributed by atoms with Crippen LogP contribution in [-0.2, 0) is 0 Å². The molecule has 4 heteroatoms. The molecule has 2 rings (SSSR count). The summed E-state index contributed by atoms with van der Waals surface area (Å²) >= 11 is 0. The maximum absolute atomic E-state index is 6.01. The smallest absolute Gasteiger partial charge is 0.165 e. The molecular weight excluding hydrogens is 254 g/mol. The Morgan fingerprint density at radius 3 is 2.55 bits per heavy atom. The Hall–Kier alpha value is -1.58. The monoisotopic (exact) mass is 279 g/mol. The summed E-state index contributed by atoms with van der Waals surface area (Å²) in [6, 6.07) is 3.62. The van der Waals surface area contributed by atoms with Crippen LogP contribution in [0.4, 0.5) is 5.69 Å². The highest BCUT2D eigenvalue weighted by atomic mass is 16.6. The molecule has 0 saturated heterocycles. The first-order chi connectivity index (χ1) is 9.70. The summed E-state index contributed by atoms with van der Waals surface area (Å²) in [7, 11) is 0. The Bertz CT molecular complexity index is 434. The van der Waals surface area contributed by atoms with Gasteiger partial charge in [0.1, 0.15) is 19.0 Å². The fraction of sp³-hybridized carbons (Fsp3) is 0.625. The average Bonchev–Trinajstić information content (AvgIpc) is 2.44. The van der Waals surface area contributed by atoms with Crippen molar-refractivity contribution in [1.29, 1.82) is 0 Å². The highest BCUT2D eigenvalue weighted by Gasteiger charge is 2.16. The highest BCUT2D eigenvalue weighted by Crippen LogP contribution is 2.38. The summed E-state index contributed by atoms with van der Waals surface area (Å²) in [5.74, 6) is 2.12. The van der Waals surface area contributed by atoms with Gasteiger partial charge < -0.3 is 19.9 Å². The van der Waals surface area contributed by atoms with Crippen LogP contribution in [0.25, 0.3) is 0 Å². The number of anilines is 1. The molecule has 1 aliphatic heterocycles. The van der Waals surface area contributed by atoms with Crippen LogP contribution >= 0.6 is 0 Å². The van der Waals surface area contributed by atoms with Crippen LogP contribution in [0.3, 0.4) is 0 Å². The predicted molar refractivity (Wildman–Crippen MR) is 80.7 cm³/mol. The lowest BCUT2D eigenvalue weighted by molar-refractivity contribution is 0.168. The first-order valence-corrected chi connectivity index (χ1v) is 7.56. The Labute approximate surface area is 121 Å². The summed E-state index contributed by atoms with van der Waals surface area (Å²) in [5.41, 5.74) is 6.61. The fourth-order valence-corrected chi connectivity index (χ4v) is 2.32. The quantitative estimate of drug-likeness (QED) is 0.609. The molecule has 1 unspecified atom stereocenters. The van der Waals surface area contributed by atoms with Crippen LogP contribution in [0, 0.1) is 0 Å². The van der Waals surface area contributed by atoms with Crippen molar-refractivity contribution in [2.75, 3.05) is 18.9 Å². The molecule has 0 bridgehead atoms. The molecule has 1 atom stereocenters. The molecule has 1 heterocycles. The van der Waals surface area contributed by atoms with Gasteiger partial charge >= 0.3 is 0 Å². The van der Waals surface area contributed by atoms with Crippen LogP contribution in [0.5, 0.6) is 17.2 Å². The van der Waals surface area contributed by atoms with Gasteiger partial charge in [-0.1, -0.05) is 26.2 Å². The van der Waals surface area contributed by atoms with Gasteiger partial charge in [0.05, 0.1) is 11.8 Å². The van der Waals surface area contributed by atoms with Gasteiger partial charge in [-0.3, -0.25) is 0 Å². The number of benzene rings is 1. The largest absolute Gasteiger partial charge is 0.488 e. The first kappa shape index (κ1) is 14.8. The molecule has 112 valence electrons. The van der Waals surface area contributed by atoms with E-state index in [-0.39, 0.29) is 6.10 Å². The topological polar surface area (TPSA) is 53.7 Å². The van der Waals surface area contributed by atoms with E-state index in [4.69, 9.17) is 19.9 Å². The van der Waals surface area contributed by atoms with E-state index in [2.05, 4.69) is 13.8 Å². The minimum Gasteiger partial charge on any atom is -0.488 e. The number of nitrogens with two attached hydrogens (primary N) is 1. The molecule has 2 N–H and O–H groups in total. The maximum Gasteiger partial charge on any atom is 0.165 e. The summed E-state index contributed by atoms with van der Waals surface area (Å²) in [5, 5.41) is 0. The summed E-state index contributed by atoms with van der Waals surface area (Å²) < 4.78 is 17.0. The van der Waals surface area contributed by atoms with Crippen molar-refractivity contribution in [3.8, 4) is 17.2 Å². The van der Waals surface area contributed by atoms with E-state index < -0.39 is 0 Å². The van der Waals surface area contributed by atoms with Gasteiger partial charge in [-0.05, 0) is 19.8 Å². The number of rotatable bonds is 7. The molecule has 0 amide bonds. The molecule has 1 aliphatic rings. The Balaban J connectivity index is 1.91. The maximum atomic E-state index is 6.01. The second kappa shape index (κ2) is 7.27. The third kappa shape index (κ3) is 3.95. The van der Waals surface area contributed by atoms with E-state index in [1.165, 1.54) is 25.7 Å². The lowest BCUT2D eigenvalue weighted by Crippen LogP contribution is -2.17. The zero-order valence-corrected chi connectivity index (χ0v) is 12.5. The van der Waals surface area contributed by atoms with Crippen molar-refractivity contribution in [2.24, 2.45) is 0 Å². The molecule has 1 aromatic carbocycles. The third-order valence-electron chi connectivity index (χ3n) is 3.47. The van der Waals surface area contributed by atoms with Crippen molar-refractivity contribution in [1.82, 2.24) is 0 Å². The van der Waals surface area contributed by atoms with Gasteiger partial charge in [0.2, 0.25) is 0 Å². The second-order valence-electron chi connectivity index (χ2n) is 5.31. The van der Waals surface area contributed by atoms with Crippen LogP contribution in [0.1, 0.15) is 46.0 Å². The molecule has 0 saturated carbocycles. The van der Waals surface area contributed by atoms with Gasteiger partial charge in [-0.2, -0.15) is 0 Å². The van der Waals surface area contributed by atoms with Crippen molar-refractivity contribution in [3.05, 3.63) is 12.1 Å². The predicted octanol–water partition coefficient (Wildman–Crippen LogP) is 3.78. The number of hydrogen-bond donors (Lipinski definition) is 1. The van der Waals surface area contributed by atoms with E-state index in [1.807, 2.05) is 6.07 Å². The number of fused-ring (bicyclic) bond motifs is 1. The number of unbranched alkanes of at least 4 members (excludes halogenated alkanes) is 3. The van der Waals surface area contributed by atoms with E-state index in [1.54, 1.807) is 6.07 Å². The SMILES string of the molecule is CCCCCCC(C)Oc1cc2c(cc1N)OCCO2. The third-order valence-corrected chi connectivity index (χ3v) is 3.47.